The van der Waals surface area contributed by atoms with Gasteiger partial charge in [0, 0.05) is 6.04 Å². The van der Waals surface area contributed by atoms with Crippen molar-refractivity contribution in [2.24, 2.45) is 0 Å². The van der Waals surface area contributed by atoms with Gasteiger partial charge in [-0.1, -0.05) is 11.6 Å². The summed E-state index contributed by atoms with van der Waals surface area (Å²) in [6, 6.07) is 1.84. The molecule has 0 bridgehead atoms. The van der Waals surface area contributed by atoms with Crippen molar-refractivity contribution in [3.05, 3.63) is 21.3 Å². The third kappa shape index (κ3) is 3.03. The van der Waals surface area contributed by atoms with E-state index in [0.717, 1.165) is 12.8 Å². The van der Waals surface area contributed by atoms with Gasteiger partial charge in [0.2, 0.25) is 0 Å². The summed E-state index contributed by atoms with van der Waals surface area (Å²) in [7, 11) is 0. The Labute approximate surface area is 114 Å². The molecule has 6 heteroatoms. The summed E-state index contributed by atoms with van der Waals surface area (Å²) in [4.78, 5) is 25.8. The van der Waals surface area contributed by atoms with Gasteiger partial charge in [-0.05, 0) is 31.2 Å². The van der Waals surface area contributed by atoms with Crippen LogP contribution in [-0.2, 0) is 9.53 Å². The summed E-state index contributed by atoms with van der Waals surface area (Å²) in [5, 5.41) is 2.21. The maximum Gasteiger partial charge on any atom is 0.325 e. The van der Waals surface area contributed by atoms with Gasteiger partial charge < -0.3 is 9.64 Å². The Balaban J connectivity index is 2.08. The van der Waals surface area contributed by atoms with Crippen molar-refractivity contribution in [2.45, 2.75) is 25.8 Å². The molecular formula is C12H14ClNO3S. The number of thiophene rings is 1. The van der Waals surface area contributed by atoms with Gasteiger partial charge in [-0.2, -0.15) is 0 Å². The zero-order valence-electron chi connectivity index (χ0n) is 10.0. The Morgan fingerprint density at radius 3 is 2.78 bits per heavy atom. The number of ether oxygens (including phenoxy) is 1. The lowest BCUT2D eigenvalue weighted by Crippen LogP contribution is -2.38. The highest BCUT2D eigenvalue weighted by molar-refractivity contribution is 7.12. The summed E-state index contributed by atoms with van der Waals surface area (Å²) in [6.45, 7) is 2.08. The quantitative estimate of drug-likeness (QED) is 0.782. The molecule has 1 amide bonds. The average molecular weight is 288 g/mol. The van der Waals surface area contributed by atoms with E-state index in [9.17, 15) is 9.59 Å². The fourth-order valence-electron chi connectivity index (χ4n) is 1.68. The number of carbonyl (C=O) groups is 2. The van der Waals surface area contributed by atoms with E-state index in [1.54, 1.807) is 23.3 Å². The lowest BCUT2D eigenvalue weighted by Gasteiger charge is -2.20. The van der Waals surface area contributed by atoms with E-state index in [0.29, 0.717) is 16.5 Å². The first-order valence-corrected chi connectivity index (χ1v) is 7.08. The predicted molar refractivity (Wildman–Crippen MR) is 70.0 cm³/mol. The SMILES string of the molecule is CCOC(=O)CN(C(=O)c1sccc1Cl)C1CC1. The maximum atomic E-state index is 12.3. The van der Waals surface area contributed by atoms with Crippen LogP contribution in [0.4, 0.5) is 0 Å². The molecule has 1 aromatic heterocycles. The van der Waals surface area contributed by atoms with Gasteiger partial charge in [-0.15, -0.1) is 11.3 Å². The van der Waals surface area contributed by atoms with E-state index in [2.05, 4.69) is 0 Å². The molecule has 1 aliphatic carbocycles. The molecule has 4 nitrogen and oxygen atoms in total. The molecule has 98 valence electrons. The van der Waals surface area contributed by atoms with Gasteiger partial charge in [0.1, 0.15) is 11.4 Å². The molecule has 0 N–H and O–H groups in total. The van der Waals surface area contributed by atoms with Crippen molar-refractivity contribution in [3.8, 4) is 0 Å². The molecule has 1 heterocycles. The van der Waals surface area contributed by atoms with E-state index in [1.165, 1.54) is 11.3 Å². The van der Waals surface area contributed by atoms with Gasteiger partial charge in [-0.3, -0.25) is 9.59 Å². The van der Waals surface area contributed by atoms with Crippen molar-refractivity contribution < 1.29 is 14.3 Å². The van der Waals surface area contributed by atoms with E-state index in [-0.39, 0.29) is 24.5 Å². The van der Waals surface area contributed by atoms with Crippen LogP contribution in [0.3, 0.4) is 0 Å². The van der Waals surface area contributed by atoms with Crippen molar-refractivity contribution in [3.63, 3.8) is 0 Å². The molecule has 0 atom stereocenters. The summed E-state index contributed by atoms with van der Waals surface area (Å²) < 4.78 is 4.89. The van der Waals surface area contributed by atoms with Crippen LogP contribution in [0.1, 0.15) is 29.4 Å². The second-order valence-electron chi connectivity index (χ2n) is 4.07. The normalized spacial score (nSPS) is 14.3. The Morgan fingerprint density at radius 2 is 2.28 bits per heavy atom. The van der Waals surface area contributed by atoms with Crippen LogP contribution >= 0.6 is 22.9 Å². The highest BCUT2D eigenvalue weighted by Crippen LogP contribution is 2.31. The van der Waals surface area contributed by atoms with Gasteiger partial charge in [0.25, 0.3) is 5.91 Å². The second-order valence-corrected chi connectivity index (χ2v) is 5.39. The maximum absolute atomic E-state index is 12.3. The fourth-order valence-corrected chi connectivity index (χ4v) is 2.77. The first-order chi connectivity index (χ1) is 8.63. The zero-order chi connectivity index (χ0) is 13.1. The molecule has 0 unspecified atom stereocenters. The van der Waals surface area contributed by atoms with Crippen molar-refractivity contribution >= 4 is 34.8 Å². The zero-order valence-corrected chi connectivity index (χ0v) is 11.6. The van der Waals surface area contributed by atoms with Crippen LogP contribution in [-0.4, -0.2) is 36.0 Å². The molecule has 1 aliphatic rings. The molecule has 0 aromatic carbocycles. The average Bonchev–Trinajstić information content (AvgIpc) is 3.08. The molecule has 1 saturated carbocycles. The minimum atomic E-state index is -0.370. The Kier molecular flexibility index (Phi) is 4.24. The van der Waals surface area contributed by atoms with Crippen LogP contribution in [0.5, 0.6) is 0 Å². The second kappa shape index (κ2) is 5.71. The monoisotopic (exact) mass is 287 g/mol. The van der Waals surface area contributed by atoms with Crippen molar-refractivity contribution in [1.29, 1.82) is 0 Å². The standard InChI is InChI=1S/C12H14ClNO3S/c1-2-17-10(15)7-14(8-3-4-8)12(16)11-9(13)5-6-18-11/h5-6,8H,2-4,7H2,1H3. The van der Waals surface area contributed by atoms with Crippen LogP contribution in [0.15, 0.2) is 11.4 Å². The third-order valence-electron chi connectivity index (χ3n) is 2.66. The number of hydrogen-bond acceptors (Lipinski definition) is 4. The van der Waals surface area contributed by atoms with Crippen LogP contribution in [0.25, 0.3) is 0 Å². The van der Waals surface area contributed by atoms with E-state index in [1.807, 2.05) is 0 Å². The van der Waals surface area contributed by atoms with E-state index >= 15 is 0 Å². The highest BCUT2D eigenvalue weighted by Gasteiger charge is 2.35. The summed E-state index contributed by atoms with van der Waals surface area (Å²) in [5.74, 6) is -0.545. The number of nitrogens with zero attached hydrogens (tertiary/aromatic N) is 1. The number of halogens is 1. The number of hydrogen-bond donors (Lipinski definition) is 0. The molecule has 0 aliphatic heterocycles. The van der Waals surface area contributed by atoms with E-state index < -0.39 is 0 Å². The van der Waals surface area contributed by atoms with Crippen LogP contribution < -0.4 is 0 Å². The summed E-state index contributed by atoms with van der Waals surface area (Å²) in [6.07, 6.45) is 1.88. The molecule has 1 fully saturated rings. The van der Waals surface area contributed by atoms with E-state index in [4.69, 9.17) is 16.3 Å². The minimum Gasteiger partial charge on any atom is -0.465 e. The summed E-state index contributed by atoms with van der Waals surface area (Å²) in [5.41, 5.74) is 0. The fraction of sp³-hybridized carbons (Fsp3) is 0.500. The molecule has 1 aromatic rings. The molecule has 0 spiro atoms. The molecule has 2 rings (SSSR count). The van der Waals surface area contributed by atoms with Gasteiger partial charge in [0.05, 0.1) is 11.6 Å². The lowest BCUT2D eigenvalue weighted by molar-refractivity contribution is -0.143. The Morgan fingerprint density at radius 1 is 1.56 bits per heavy atom. The first kappa shape index (κ1) is 13.4. The van der Waals surface area contributed by atoms with Crippen molar-refractivity contribution in [1.82, 2.24) is 4.90 Å². The first-order valence-electron chi connectivity index (χ1n) is 5.83. The number of esters is 1. The molecular weight excluding hydrogens is 274 g/mol. The lowest BCUT2D eigenvalue weighted by atomic mass is 10.3. The Hall–Kier alpha value is -1.07. The highest BCUT2D eigenvalue weighted by atomic mass is 35.5. The Bertz CT molecular complexity index is 456. The molecule has 0 saturated heterocycles. The van der Waals surface area contributed by atoms with Crippen molar-refractivity contribution in [2.75, 3.05) is 13.2 Å². The largest absolute Gasteiger partial charge is 0.465 e. The van der Waals surface area contributed by atoms with Crippen LogP contribution in [0.2, 0.25) is 5.02 Å². The minimum absolute atomic E-state index is 0.00552. The topological polar surface area (TPSA) is 46.6 Å². The molecule has 0 radical (unpaired) electrons. The number of rotatable bonds is 5. The number of amides is 1. The van der Waals surface area contributed by atoms with Gasteiger partial charge in [-0.25, -0.2) is 0 Å². The number of carbonyl (C=O) groups excluding carboxylic acids is 2. The summed E-state index contributed by atoms with van der Waals surface area (Å²) >= 11 is 7.24. The third-order valence-corrected chi connectivity index (χ3v) is 3.99. The smallest absolute Gasteiger partial charge is 0.325 e. The molecule has 18 heavy (non-hydrogen) atoms. The van der Waals surface area contributed by atoms with Gasteiger partial charge in [0.15, 0.2) is 0 Å². The predicted octanol–water partition coefficient (Wildman–Crippen LogP) is 2.57. The van der Waals surface area contributed by atoms with Gasteiger partial charge >= 0.3 is 5.97 Å². The van der Waals surface area contributed by atoms with Crippen LogP contribution in [0, 0.1) is 0 Å².